The van der Waals surface area contributed by atoms with Gasteiger partial charge in [-0.25, -0.2) is 10.4 Å². The van der Waals surface area contributed by atoms with Gasteiger partial charge in [0.25, 0.3) is 0 Å². The Morgan fingerprint density at radius 3 is 2.43 bits per heavy atom. The number of anilines is 1. The number of nitrogens with one attached hydrogen (secondary N) is 1. The first-order valence-corrected chi connectivity index (χ1v) is 10.2. The summed E-state index contributed by atoms with van der Waals surface area (Å²) in [6.45, 7) is 6.17. The summed E-state index contributed by atoms with van der Waals surface area (Å²) < 4.78 is 2.87. The fourth-order valence-corrected chi connectivity index (χ4v) is 4.34. The van der Waals surface area contributed by atoms with Crippen LogP contribution in [0, 0.1) is 20.8 Å². The molecular formula is C22H26N6O2. The Labute approximate surface area is 174 Å². The molecular weight excluding hydrogens is 380 g/mol. The van der Waals surface area contributed by atoms with E-state index in [1.54, 1.807) is 24.0 Å². The maximum atomic E-state index is 12.7. The van der Waals surface area contributed by atoms with Gasteiger partial charge in [-0.2, -0.15) is 10.1 Å². The van der Waals surface area contributed by atoms with Gasteiger partial charge in [0.2, 0.25) is 5.95 Å². The molecule has 8 nitrogen and oxygen atoms in total. The molecule has 8 heteroatoms. The van der Waals surface area contributed by atoms with E-state index in [0.29, 0.717) is 11.2 Å². The summed E-state index contributed by atoms with van der Waals surface area (Å²) in [6, 6.07) is 4.22. The Balaban J connectivity index is 1.73. The Kier molecular flexibility index (Phi) is 5.24. The van der Waals surface area contributed by atoms with Crippen molar-refractivity contribution < 1.29 is 0 Å². The quantitative estimate of drug-likeness (QED) is 0.408. The Morgan fingerprint density at radius 2 is 1.77 bits per heavy atom. The Morgan fingerprint density at radius 1 is 1.10 bits per heavy atom. The summed E-state index contributed by atoms with van der Waals surface area (Å²) in [5, 5.41) is 4.30. The zero-order chi connectivity index (χ0) is 21.4. The molecule has 0 radical (unpaired) electrons. The minimum absolute atomic E-state index is 0.00184. The summed E-state index contributed by atoms with van der Waals surface area (Å²) in [4.78, 5) is 33.9. The van der Waals surface area contributed by atoms with E-state index in [4.69, 9.17) is 0 Å². The molecule has 1 aliphatic rings. The number of rotatable bonds is 4. The number of hydrogen-bond donors (Lipinski definition) is 1. The molecule has 30 heavy (non-hydrogen) atoms. The monoisotopic (exact) mass is 406 g/mol. The van der Waals surface area contributed by atoms with E-state index in [2.05, 4.69) is 53.4 Å². The van der Waals surface area contributed by atoms with Crippen molar-refractivity contribution in [2.75, 3.05) is 5.43 Å². The van der Waals surface area contributed by atoms with Gasteiger partial charge >= 0.3 is 11.1 Å². The van der Waals surface area contributed by atoms with Gasteiger partial charge in [-0.3, -0.25) is 14.2 Å². The van der Waals surface area contributed by atoms with Crippen LogP contribution in [0.15, 0.2) is 33.0 Å². The fourth-order valence-electron chi connectivity index (χ4n) is 4.34. The molecule has 1 aromatic carbocycles. The lowest BCUT2D eigenvalue weighted by Crippen LogP contribution is -2.42. The van der Waals surface area contributed by atoms with E-state index < -0.39 is 11.1 Å². The second kappa shape index (κ2) is 7.85. The van der Waals surface area contributed by atoms with Gasteiger partial charge in [-0.15, -0.1) is 0 Å². The SMILES string of the molecule is Cc1cc(C)c(C=NNc2ncc3c(n2)n(C2CCCC2)c(=O)c(=O)n3C)c(C)c1. The smallest absolute Gasteiger partial charge is 0.303 e. The normalized spacial score (nSPS) is 14.8. The third-order valence-corrected chi connectivity index (χ3v) is 5.83. The first-order valence-electron chi connectivity index (χ1n) is 10.2. The molecule has 0 atom stereocenters. The number of nitrogens with zero attached hydrogens (tertiary/aromatic N) is 5. The molecule has 4 rings (SSSR count). The summed E-state index contributed by atoms with van der Waals surface area (Å²) in [6.07, 6.45) is 7.16. The Hall–Kier alpha value is -3.29. The summed E-state index contributed by atoms with van der Waals surface area (Å²) >= 11 is 0. The predicted octanol–water partition coefficient (Wildman–Crippen LogP) is 2.98. The largest absolute Gasteiger partial charge is 0.318 e. The average Bonchev–Trinajstić information content (AvgIpc) is 3.22. The number of hydrogen-bond acceptors (Lipinski definition) is 6. The fraction of sp³-hybridized carbons (Fsp3) is 0.409. The van der Waals surface area contributed by atoms with Crippen molar-refractivity contribution in [3.63, 3.8) is 0 Å². The number of fused-ring (bicyclic) bond motifs is 1. The van der Waals surface area contributed by atoms with E-state index in [-0.39, 0.29) is 12.0 Å². The molecule has 3 aromatic rings. The van der Waals surface area contributed by atoms with Crippen LogP contribution in [0.3, 0.4) is 0 Å². The van der Waals surface area contributed by atoms with E-state index in [1.165, 1.54) is 10.1 Å². The molecule has 1 saturated carbocycles. The molecule has 1 fully saturated rings. The molecule has 0 bridgehead atoms. The number of aryl methyl sites for hydroxylation is 4. The van der Waals surface area contributed by atoms with Crippen molar-refractivity contribution in [2.24, 2.45) is 12.1 Å². The van der Waals surface area contributed by atoms with E-state index in [1.807, 2.05) is 0 Å². The zero-order valence-electron chi connectivity index (χ0n) is 17.8. The Bertz CT molecular complexity index is 1240. The zero-order valence-corrected chi connectivity index (χ0v) is 17.8. The van der Waals surface area contributed by atoms with E-state index in [0.717, 1.165) is 42.4 Å². The highest BCUT2D eigenvalue weighted by Gasteiger charge is 2.23. The van der Waals surface area contributed by atoms with Crippen LogP contribution in [0.2, 0.25) is 0 Å². The summed E-state index contributed by atoms with van der Waals surface area (Å²) in [5.41, 5.74) is 7.32. The van der Waals surface area contributed by atoms with Crippen molar-refractivity contribution in [1.29, 1.82) is 0 Å². The third kappa shape index (κ3) is 3.53. The lowest BCUT2D eigenvalue weighted by molar-refractivity contribution is 0.507. The minimum Gasteiger partial charge on any atom is -0.303 e. The summed E-state index contributed by atoms with van der Waals surface area (Å²) in [5.74, 6) is 0.283. The van der Waals surface area contributed by atoms with Gasteiger partial charge in [0.05, 0.1) is 12.4 Å². The van der Waals surface area contributed by atoms with E-state index >= 15 is 0 Å². The standard InChI is InChI=1S/C22H26N6O2/c1-13-9-14(2)17(15(3)10-13)11-24-26-22-23-12-18-19(25-22)28(16-7-5-6-8-16)21(30)20(29)27(18)4/h9-12,16H,5-8H2,1-4H3,(H,23,25,26). The van der Waals surface area contributed by atoms with Crippen molar-refractivity contribution in [1.82, 2.24) is 19.1 Å². The van der Waals surface area contributed by atoms with Crippen LogP contribution < -0.4 is 16.5 Å². The van der Waals surface area contributed by atoms with E-state index in [9.17, 15) is 9.59 Å². The molecule has 0 saturated heterocycles. The molecule has 0 spiro atoms. The molecule has 0 unspecified atom stereocenters. The van der Waals surface area contributed by atoms with Gasteiger partial charge in [0, 0.05) is 18.7 Å². The van der Waals surface area contributed by atoms with Crippen molar-refractivity contribution in [2.45, 2.75) is 52.5 Å². The number of hydrazone groups is 1. The van der Waals surface area contributed by atoms with Gasteiger partial charge in [-0.1, -0.05) is 30.5 Å². The maximum Gasteiger partial charge on any atom is 0.318 e. The van der Waals surface area contributed by atoms with Gasteiger partial charge < -0.3 is 4.57 Å². The third-order valence-electron chi connectivity index (χ3n) is 5.83. The highest BCUT2D eigenvalue weighted by molar-refractivity contribution is 5.84. The maximum absolute atomic E-state index is 12.7. The van der Waals surface area contributed by atoms with Crippen molar-refractivity contribution >= 4 is 23.3 Å². The number of aromatic nitrogens is 4. The average molecular weight is 406 g/mol. The minimum atomic E-state index is -0.554. The second-order valence-corrected chi connectivity index (χ2v) is 8.06. The highest BCUT2D eigenvalue weighted by atomic mass is 16.2. The molecule has 1 aliphatic carbocycles. The van der Waals surface area contributed by atoms with Crippen LogP contribution in [0.25, 0.3) is 11.2 Å². The van der Waals surface area contributed by atoms with Crippen molar-refractivity contribution in [3.05, 3.63) is 61.3 Å². The van der Waals surface area contributed by atoms with Crippen LogP contribution >= 0.6 is 0 Å². The lowest BCUT2D eigenvalue weighted by Gasteiger charge is -2.17. The van der Waals surface area contributed by atoms with Crippen LogP contribution in [0.5, 0.6) is 0 Å². The van der Waals surface area contributed by atoms with Gasteiger partial charge in [0.1, 0.15) is 5.52 Å². The highest BCUT2D eigenvalue weighted by Crippen LogP contribution is 2.29. The summed E-state index contributed by atoms with van der Waals surface area (Å²) in [7, 11) is 1.57. The molecule has 2 aromatic heterocycles. The van der Waals surface area contributed by atoms with Crippen LogP contribution in [-0.2, 0) is 7.05 Å². The molecule has 1 N–H and O–H groups in total. The van der Waals surface area contributed by atoms with Gasteiger partial charge in [-0.05, 0) is 44.7 Å². The second-order valence-electron chi connectivity index (χ2n) is 8.06. The van der Waals surface area contributed by atoms with Crippen molar-refractivity contribution in [3.8, 4) is 0 Å². The topological polar surface area (TPSA) is 94.2 Å². The molecule has 0 aliphatic heterocycles. The number of benzene rings is 1. The first-order chi connectivity index (χ1) is 14.4. The van der Waals surface area contributed by atoms with Crippen LogP contribution in [-0.4, -0.2) is 25.3 Å². The first kappa shape index (κ1) is 20.0. The molecule has 156 valence electrons. The molecule has 2 heterocycles. The van der Waals surface area contributed by atoms with Crippen LogP contribution in [0.1, 0.15) is 54.0 Å². The van der Waals surface area contributed by atoms with Gasteiger partial charge in [0.15, 0.2) is 5.65 Å². The van der Waals surface area contributed by atoms with Crippen LogP contribution in [0.4, 0.5) is 5.95 Å². The molecule has 0 amide bonds. The predicted molar refractivity (Wildman–Crippen MR) is 118 cm³/mol. The lowest BCUT2D eigenvalue weighted by atomic mass is 10.0.